The number of rotatable bonds is 9. The van der Waals surface area contributed by atoms with Crippen LogP contribution in [-0.2, 0) is 35.1 Å². The zero-order valence-electron chi connectivity index (χ0n) is 17.2. The molecule has 1 saturated heterocycles. The predicted molar refractivity (Wildman–Crippen MR) is 111 cm³/mol. The summed E-state index contributed by atoms with van der Waals surface area (Å²) in [5, 5.41) is 0. The second-order valence-electron chi connectivity index (χ2n) is 7.23. The fourth-order valence-electron chi connectivity index (χ4n) is 2.97. The van der Waals surface area contributed by atoms with E-state index in [4.69, 9.17) is 0 Å². The average Bonchev–Trinajstić information content (AvgIpc) is 2.96. The van der Waals surface area contributed by atoms with E-state index < -0.39 is 26.3 Å². The second kappa shape index (κ2) is 11.9. The molecule has 0 radical (unpaired) electrons. The Morgan fingerprint density at radius 1 is 1.11 bits per heavy atom. The number of benzene rings is 1. The Balaban J connectivity index is 0.000000281. The lowest BCUT2D eigenvalue weighted by Crippen LogP contribution is -2.25. The highest BCUT2D eigenvalue weighted by Gasteiger charge is 2.19. The first-order chi connectivity index (χ1) is 13.0. The first kappa shape index (κ1) is 25.0. The molecule has 1 aliphatic heterocycles. The topological polar surface area (TPSA) is 90.0 Å². The fraction of sp³-hybridized carbons (Fsp3) is 0.684. The largest absolute Gasteiger partial charge is 0.296 e. The van der Waals surface area contributed by atoms with Gasteiger partial charge in [-0.3, -0.25) is 13.3 Å². The van der Waals surface area contributed by atoms with Crippen molar-refractivity contribution in [3.63, 3.8) is 0 Å². The van der Waals surface area contributed by atoms with E-state index in [0.29, 0.717) is 12.8 Å². The van der Waals surface area contributed by atoms with Gasteiger partial charge in [-0.25, -0.2) is 0 Å². The molecule has 1 aromatic carbocycles. The van der Waals surface area contributed by atoms with Gasteiger partial charge in [0.25, 0.3) is 20.2 Å². The number of likely N-dealkylation sites (tertiary alicyclic amines) is 1. The lowest BCUT2D eigenvalue weighted by atomic mass is 10.2. The van der Waals surface area contributed by atoms with Crippen LogP contribution in [0.4, 0.5) is 0 Å². The lowest BCUT2D eigenvalue weighted by Gasteiger charge is -2.20. The highest BCUT2D eigenvalue weighted by molar-refractivity contribution is 7.86. The van der Waals surface area contributed by atoms with E-state index in [0.717, 1.165) is 25.1 Å². The highest BCUT2D eigenvalue weighted by Crippen LogP contribution is 2.18. The summed E-state index contributed by atoms with van der Waals surface area (Å²) in [5.41, 5.74) is 1.44. The van der Waals surface area contributed by atoms with Crippen molar-refractivity contribution in [3.8, 4) is 0 Å². The molecular weight excluding hydrogens is 402 g/mol. The maximum atomic E-state index is 10.7. The average molecular weight is 436 g/mol. The van der Waals surface area contributed by atoms with Crippen LogP contribution in [0.2, 0.25) is 0 Å². The molecule has 0 amide bonds. The van der Waals surface area contributed by atoms with Crippen molar-refractivity contribution in [1.29, 1.82) is 0 Å². The maximum Gasteiger partial charge on any atom is 0.264 e. The van der Waals surface area contributed by atoms with E-state index >= 15 is 0 Å². The SMILES string of the molecule is C[C@@H](CCCOS(C)(=O)=O)OS(C)(=O)=O.C[C@@H]1CCCN1Cc1ccccc1. The molecule has 0 N–H and O–H groups in total. The molecule has 9 heteroatoms. The van der Waals surface area contributed by atoms with Gasteiger partial charge in [-0.1, -0.05) is 30.3 Å². The minimum atomic E-state index is -3.45. The smallest absolute Gasteiger partial charge is 0.264 e. The van der Waals surface area contributed by atoms with E-state index in [1.807, 2.05) is 0 Å². The molecule has 1 fully saturated rings. The lowest BCUT2D eigenvalue weighted by molar-refractivity contribution is 0.203. The fourth-order valence-corrected chi connectivity index (χ4v) is 4.09. The molecule has 0 aliphatic carbocycles. The highest BCUT2D eigenvalue weighted by atomic mass is 32.2. The summed E-state index contributed by atoms with van der Waals surface area (Å²) in [4.78, 5) is 2.56. The Labute approximate surface area is 170 Å². The van der Waals surface area contributed by atoms with Crippen molar-refractivity contribution in [2.24, 2.45) is 0 Å². The zero-order valence-corrected chi connectivity index (χ0v) is 18.8. The molecule has 1 aliphatic rings. The second-order valence-corrected chi connectivity index (χ2v) is 10.5. The molecule has 0 unspecified atom stereocenters. The molecule has 0 bridgehead atoms. The van der Waals surface area contributed by atoms with Crippen molar-refractivity contribution in [1.82, 2.24) is 4.90 Å². The number of hydrogen-bond acceptors (Lipinski definition) is 7. The molecule has 1 aromatic rings. The third kappa shape index (κ3) is 12.5. The predicted octanol–water partition coefficient (Wildman–Crippen LogP) is 2.78. The Morgan fingerprint density at radius 3 is 2.25 bits per heavy atom. The van der Waals surface area contributed by atoms with Gasteiger partial charge in [-0.15, -0.1) is 0 Å². The Morgan fingerprint density at radius 2 is 1.75 bits per heavy atom. The molecule has 0 saturated carbocycles. The quantitative estimate of drug-likeness (QED) is 0.435. The van der Waals surface area contributed by atoms with Crippen LogP contribution < -0.4 is 0 Å². The molecule has 0 spiro atoms. The van der Waals surface area contributed by atoms with Gasteiger partial charge in [0.1, 0.15) is 0 Å². The van der Waals surface area contributed by atoms with Crippen LogP contribution in [0.5, 0.6) is 0 Å². The summed E-state index contributed by atoms with van der Waals surface area (Å²) < 4.78 is 51.6. The van der Waals surface area contributed by atoms with Crippen molar-refractivity contribution in [2.75, 3.05) is 25.7 Å². The maximum absolute atomic E-state index is 10.7. The standard InChI is InChI=1S/C12H17N.C7H16O6S2/c1-11-6-5-9-13(11)10-12-7-3-2-4-8-12;1-7(13-15(3,10)11)5-4-6-12-14(2,8)9/h2-4,7-8,11H,5-6,9-10H2,1H3;7H,4-6H2,1-3H3/t11-;7-/m10/s1. The van der Waals surface area contributed by atoms with Gasteiger partial charge in [0, 0.05) is 12.6 Å². The van der Waals surface area contributed by atoms with Crippen molar-refractivity contribution >= 4 is 20.2 Å². The number of hydrogen-bond donors (Lipinski definition) is 0. The summed E-state index contributed by atoms with van der Waals surface area (Å²) in [6.07, 6.45) is 5.04. The third-order valence-corrected chi connectivity index (χ3v) is 5.58. The van der Waals surface area contributed by atoms with Gasteiger partial charge < -0.3 is 0 Å². The number of nitrogens with zero attached hydrogens (tertiary/aromatic N) is 1. The van der Waals surface area contributed by atoms with Gasteiger partial charge in [0.05, 0.1) is 25.2 Å². The molecule has 7 nitrogen and oxygen atoms in total. The summed E-state index contributed by atoms with van der Waals surface area (Å²) in [5.74, 6) is 0. The molecule has 2 atom stereocenters. The molecular formula is C19H33NO6S2. The Hall–Kier alpha value is -1.00. The van der Waals surface area contributed by atoms with E-state index in [1.54, 1.807) is 6.92 Å². The van der Waals surface area contributed by atoms with E-state index in [2.05, 4.69) is 50.5 Å². The van der Waals surface area contributed by atoms with Crippen LogP contribution in [0.25, 0.3) is 0 Å². The van der Waals surface area contributed by atoms with Crippen molar-refractivity contribution < 1.29 is 25.2 Å². The van der Waals surface area contributed by atoms with Gasteiger partial charge in [-0.2, -0.15) is 16.8 Å². The van der Waals surface area contributed by atoms with Gasteiger partial charge in [-0.05, 0) is 51.6 Å². The van der Waals surface area contributed by atoms with E-state index in [-0.39, 0.29) is 6.61 Å². The van der Waals surface area contributed by atoms with Crippen LogP contribution in [-0.4, -0.2) is 59.5 Å². The van der Waals surface area contributed by atoms with Gasteiger partial charge >= 0.3 is 0 Å². The monoisotopic (exact) mass is 435 g/mol. The first-order valence-corrected chi connectivity index (χ1v) is 13.1. The summed E-state index contributed by atoms with van der Waals surface area (Å²) >= 11 is 0. The van der Waals surface area contributed by atoms with Crippen LogP contribution in [0.15, 0.2) is 30.3 Å². The van der Waals surface area contributed by atoms with E-state index in [1.165, 1.54) is 24.9 Å². The zero-order chi connectivity index (χ0) is 21.2. The summed E-state index contributed by atoms with van der Waals surface area (Å²) in [6.45, 7) is 6.37. The van der Waals surface area contributed by atoms with Gasteiger partial charge in [0.2, 0.25) is 0 Å². The molecule has 1 heterocycles. The van der Waals surface area contributed by atoms with Crippen molar-refractivity contribution in [3.05, 3.63) is 35.9 Å². The van der Waals surface area contributed by atoms with E-state index in [9.17, 15) is 16.8 Å². The minimum Gasteiger partial charge on any atom is -0.296 e. The molecule has 28 heavy (non-hydrogen) atoms. The first-order valence-electron chi connectivity index (χ1n) is 9.47. The summed E-state index contributed by atoms with van der Waals surface area (Å²) in [7, 11) is -6.86. The van der Waals surface area contributed by atoms with Crippen LogP contribution in [0.1, 0.15) is 45.1 Å². The van der Waals surface area contributed by atoms with Crippen molar-refractivity contribution in [2.45, 2.75) is 58.2 Å². The Kier molecular flexibility index (Phi) is 10.6. The molecule has 0 aromatic heterocycles. The van der Waals surface area contributed by atoms with Crippen LogP contribution in [0, 0.1) is 0 Å². The third-order valence-electron chi connectivity index (χ3n) is 4.31. The Bertz CT molecular complexity index is 765. The van der Waals surface area contributed by atoms with Gasteiger partial charge in [0.15, 0.2) is 0 Å². The van der Waals surface area contributed by atoms with Crippen LogP contribution >= 0.6 is 0 Å². The molecule has 162 valence electrons. The summed E-state index contributed by atoms with van der Waals surface area (Å²) in [6, 6.07) is 11.5. The molecule has 2 rings (SSSR count). The normalized spacial score (nSPS) is 19.1. The minimum absolute atomic E-state index is 0.0380. The van der Waals surface area contributed by atoms with Crippen LogP contribution in [0.3, 0.4) is 0 Å².